The summed E-state index contributed by atoms with van der Waals surface area (Å²) in [7, 11) is 3.94. The molecule has 1 aromatic rings. The summed E-state index contributed by atoms with van der Waals surface area (Å²) in [4.78, 5) is 9.71. The van der Waals surface area contributed by atoms with E-state index in [4.69, 9.17) is 16.9 Å². The Kier molecular flexibility index (Phi) is 4.28. The molecule has 0 saturated carbocycles. The van der Waals surface area contributed by atoms with Crippen molar-refractivity contribution in [3.05, 3.63) is 17.0 Å². The Hall–Kier alpha value is -1.38. The van der Waals surface area contributed by atoms with E-state index in [1.54, 1.807) is 0 Å². The highest BCUT2D eigenvalue weighted by atomic mass is 35.5. The van der Waals surface area contributed by atoms with E-state index in [1.165, 1.54) is 6.20 Å². The molecule has 0 aromatic carbocycles. The third kappa shape index (κ3) is 3.70. The van der Waals surface area contributed by atoms with Gasteiger partial charge >= 0.3 is 0 Å². The maximum atomic E-state index is 8.79. The number of halogens is 1. The molecule has 0 atom stereocenters. The molecule has 0 aliphatic heterocycles. The van der Waals surface area contributed by atoms with Crippen molar-refractivity contribution in [3.63, 3.8) is 0 Å². The zero-order valence-corrected chi connectivity index (χ0v) is 9.41. The van der Waals surface area contributed by atoms with Gasteiger partial charge in [-0.15, -0.1) is 0 Å². The summed E-state index contributed by atoms with van der Waals surface area (Å²) in [6.07, 6.45) is 1.41. The average molecular weight is 226 g/mol. The number of nitrogens with zero attached hydrogens (tertiary/aromatic N) is 4. The highest BCUT2D eigenvalue weighted by Gasteiger charge is 2.04. The van der Waals surface area contributed by atoms with Crippen molar-refractivity contribution in [3.8, 4) is 6.07 Å². The van der Waals surface area contributed by atoms with Gasteiger partial charge in [0.25, 0.3) is 0 Å². The van der Waals surface area contributed by atoms with Crippen LogP contribution in [0.2, 0.25) is 5.28 Å². The van der Waals surface area contributed by atoms with Crippen molar-refractivity contribution in [2.75, 3.05) is 32.5 Å². The summed E-state index contributed by atoms with van der Waals surface area (Å²) in [6, 6.07) is 2.00. The smallest absolute Gasteiger partial charge is 0.224 e. The average Bonchev–Trinajstić information content (AvgIpc) is 2.17. The zero-order chi connectivity index (χ0) is 11.3. The van der Waals surface area contributed by atoms with Gasteiger partial charge in [0.15, 0.2) is 0 Å². The molecular formula is C9H12ClN5. The normalized spacial score (nSPS) is 10.1. The molecule has 6 heteroatoms. The second-order valence-corrected chi connectivity index (χ2v) is 3.58. The van der Waals surface area contributed by atoms with Crippen LogP contribution in [-0.4, -0.2) is 42.1 Å². The van der Waals surface area contributed by atoms with Gasteiger partial charge in [0.1, 0.15) is 17.5 Å². The highest BCUT2D eigenvalue weighted by molar-refractivity contribution is 6.28. The molecule has 0 spiro atoms. The second kappa shape index (κ2) is 5.49. The molecule has 0 unspecified atom stereocenters. The molecule has 1 heterocycles. The molecule has 0 aliphatic rings. The predicted molar refractivity (Wildman–Crippen MR) is 58.8 cm³/mol. The van der Waals surface area contributed by atoms with Crippen LogP contribution in [-0.2, 0) is 0 Å². The van der Waals surface area contributed by atoms with Crippen LogP contribution >= 0.6 is 11.6 Å². The Balaban J connectivity index is 2.67. The van der Waals surface area contributed by atoms with E-state index < -0.39 is 0 Å². The summed E-state index contributed by atoms with van der Waals surface area (Å²) < 4.78 is 0. The molecule has 80 valence electrons. The van der Waals surface area contributed by atoms with Crippen molar-refractivity contribution in [2.45, 2.75) is 0 Å². The minimum Gasteiger partial charge on any atom is -0.368 e. The summed E-state index contributed by atoms with van der Waals surface area (Å²) >= 11 is 5.63. The fourth-order valence-electron chi connectivity index (χ4n) is 0.975. The van der Waals surface area contributed by atoms with Gasteiger partial charge in [-0.1, -0.05) is 0 Å². The van der Waals surface area contributed by atoms with Gasteiger partial charge in [0.05, 0.1) is 6.20 Å². The van der Waals surface area contributed by atoms with Crippen LogP contribution in [0, 0.1) is 11.3 Å². The first-order valence-corrected chi connectivity index (χ1v) is 4.82. The zero-order valence-electron chi connectivity index (χ0n) is 8.66. The first kappa shape index (κ1) is 11.7. The lowest BCUT2D eigenvalue weighted by Gasteiger charge is -2.11. The number of nitriles is 1. The van der Waals surface area contributed by atoms with Gasteiger partial charge in [-0.2, -0.15) is 10.2 Å². The molecule has 1 N–H and O–H groups in total. The van der Waals surface area contributed by atoms with Gasteiger partial charge in [-0.3, -0.25) is 0 Å². The van der Waals surface area contributed by atoms with Gasteiger partial charge in [0, 0.05) is 13.1 Å². The number of likely N-dealkylation sites (N-methyl/N-ethyl adjacent to an activating group) is 1. The fourth-order valence-corrected chi connectivity index (χ4v) is 1.11. The standard InChI is InChI=1S/C9H12ClN5/c1-15(2)4-3-12-8-7(5-11)6-13-9(10)14-8/h6H,3-4H2,1-2H3,(H,12,13,14). The van der Waals surface area contributed by atoms with Crippen molar-refractivity contribution >= 4 is 17.4 Å². The Bertz CT molecular complexity index is 371. The molecule has 15 heavy (non-hydrogen) atoms. The van der Waals surface area contributed by atoms with E-state index in [0.29, 0.717) is 17.9 Å². The van der Waals surface area contributed by atoms with Crippen molar-refractivity contribution in [1.29, 1.82) is 5.26 Å². The number of aromatic nitrogens is 2. The molecule has 1 aromatic heterocycles. The Morgan fingerprint density at radius 2 is 2.33 bits per heavy atom. The molecule has 5 nitrogen and oxygen atoms in total. The molecule has 0 amide bonds. The monoisotopic (exact) mass is 225 g/mol. The molecule has 0 radical (unpaired) electrons. The molecule has 1 rings (SSSR count). The summed E-state index contributed by atoms with van der Waals surface area (Å²) in [5.41, 5.74) is 0.401. The Morgan fingerprint density at radius 1 is 1.60 bits per heavy atom. The largest absolute Gasteiger partial charge is 0.368 e. The molecule has 0 saturated heterocycles. The van der Waals surface area contributed by atoms with E-state index in [2.05, 4.69) is 15.3 Å². The fraction of sp³-hybridized carbons (Fsp3) is 0.444. The van der Waals surface area contributed by atoms with Crippen molar-refractivity contribution in [2.24, 2.45) is 0 Å². The first-order chi connectivity index (χ1) is 7.13. The summed E-state index contributed by atoms with van der Waals surface area (Å²) in [5.74, 6) is 0.486. The SMILES string of the molecule is CN(C)CCNc1nc(Cl)ncc1C#N. The summed E-state index contributed by atoms with van der Waals surface area (Å²) in [6.45, 7) is 1.56. The maximum absolute atomic E-state index is 8.79. The Morgan fingerprint density at radius 3 is 2.93 bits per heavy atom. The van der Waals surface area contributed by atoms with Gasteiger partial charge < -0.3 is 10.2 Å². The van der Waals surface area contributed by atoms with E-state index >= 15 is 0 Å². The lowest BCUT2D eigenvalue weighted by atomic mass is 10.3. The van der Waals surface area contributed by atoms with E-state index in [1.807, 2.05) is 25.1 Å². The second-order valence-electron chi connectivity index (χ2n) is 3.24. The van der Waals surface area contributed by atoms with E-state index in [-0.39, 0.29) is 5.28 Å². The molecule has 0 aliphatic carbocycles. The third-order valence-electron chi connectivity index (χ3n) is 1.73. The predicted octanol–water partition coefficient (Wildman–Crippen LogP) is 0.975. The van der Waals surface area contributed by atoms with Crippen molar-refractivity contribution in [1.82, 2.24) is 14.9 Å². The number of rotatable bonds is 4. The lowest BCUT2D eigenvalue weighted by Crippen LogP contribution is -2.21. The minimum absolute atomic E-state index is 0.140. The molecule has 0 fully saturated rings. The minimum atomic E-state index is 0.140. The number of hydrogen-bond donors (Lipinski definition) is 1. The van der Waals surface area contributed by atoms with Crippen LogP contribution in [0.1, 0.15) is 5.56 Å². The topological polar surface area (TPSA) is 64.8 Å². The maximum Gasteiger partial charge on any atom is 0.224 e. The van der Waals surface area contributed by atoms with Crippen LogP contribution in [0.25, 0.3) is 0 Å². The van der Waals surface area contributed by atoms with Crippen molar-refractivity contribution < 1.29 is 0 Å². The first-order valence-electron chi connectivity index (χ1n) is 4.44. The number of nitrogens with one attached hydrogen (secondary N) is 1. The lowest BCUT2D eigenvalue weighted by molar-refractivity contribution is 0.425. The summed E-state index contributed by atoms with van der Waals surface area (Å²) in [5, 5.41) is 12.0. The molecular weight excluding hydrogens is 214 g/mol. The highest BCUT2D eigenvalue weighted by Crippen LogP contribution is 2.12. The van der Waals surface area contributed by atoms with Crippen LogP contribution in [0.15, 0.2) is 6.20 Å². The third-order valence-corrected chi connectivity index (χ3v) is 1.91. The van der Waals surface area contributed by atoms with Gasteiger partial charge in [-0.25, -0.2) is 4.98 Å². The molecule has 0 bridgehead atoms. The number of anilines is 1. The van der Waals surface area contributed by atoms with Crippen LogP contribution in [0.4, 0.5) is 5.82 Å². The van der Waals surface area contributed by atoms with E-state index in [0.717, 1.165) is 6.54 Å². The van der Waals surface area contributed by atoms with E-state index in [9.17, 15) is 0 Å². The quantitative estimate of drug-likeness (QED) is 0.774. The van der Waals surface area contributed by atoms with Crippen LogP contribution in [0.5, 0.6) is 0 Å². The van der Waals surface area contributed by atoms with Gasteiger partial charge in [-0.05, 0) is 25.7 Å². The van der Waals surface area contributed by atoms with Crippen LogP contribution in [0.3, 0.4) is 0 Å². The number of hydrogen-bond acceptors (Lipinski definition) is 5. The van der Waals surface area contributed by atoms with Crippen LogP contribution < -0.4 is 5.32 Å². The van der Waals surface area contributed by atoms with Gasteiger partial charge in [0.2, 0.25) is 5.28 Å². The Labute approximate surface area is 93.7 Å².